The molecule has 1 atom stereocenters. The van der Waals surface area contributed by atoms with Crippen LogP contribution in [0.15, 0.2) is 23.3 Å². The third-order valence-corrected chi connectivity index (χ3v) is 3.38. The first-order valence-corrected chi connectivity index (χ1v) is 6.17. The van der Waals surface area contributed by atoms with E-state index in [4.69, 9.17) is 5.41 Å². The van der Waals surface area contributed by atoms with Gasteiger partial charge in [0.15, 0.2) is 0 Å². The van der Waals surface area contributed by atoms with Gasteiger partial charge in [0.25, 0.3) is 0 Å². The molecular weight excluding hydrogens is 182 g/mol. The van der Waals surface area contributed by atoms with Gasteiger partial charge in [0.2, 0.25) is 0 Å². The molecule has 1 fully saturated rings. The Hall–Kier alpha value is -0.850. The number of hydrogen-bond acceptors (Lipinski definition) is 1. The summed E-state index contributed by atoms with van der Waals surface area (Å²) in [6, 6.07) is 0. The fraction of sp³-hybridized carbons (Fsp3) is 0.643. The molecule has 1 aliphatic carbocycles. The van der Waals surface area contributed by atoms with Crippen molar-refractivity contribution in [3.8, 4) is 0 Å². The summed E-state index contributed by atoms with van der Waals surface area (Å²) >= 11 is 0. The molecule has 0 spiro atoms. The fourth-order valence-corrected chi connectivity index (χ4v) is 2.25. The zero-order valence-electron chi connectivity index (χ0n) is 10.3. The Bertz CT molecular complexity index is 284. The molecule has 1 rings (SSSR count). The van der Waals surface area contributed by atoms with Crippen LogP contribution in [0.25, 0.3) is 0 Å². The SMILES string of the molecule is C/C=C(\C=C1\CCCC(CC)C1=N)CC. The van der Waals surface area contributed by atoms with Crippen LogP contribution >= 0.6 is 0 Å². The van der Waals surface area contributed by atoms with E-state index in [1.165, 1.54) is 24.0 Å². The van der Waals surface area contributed by atoms with Gasteiger partial charge in [0.1, 0.15) is 0 Å². The third-order valence-electron chi connectivity index (χ3n) is 3.38. The largest absolute Gasteiger partial charge is 0.305 e. The lowest BCUT2D eigenvalue weighted by Crippen LogP contribution is -2.20. The highest BCUT2D eigenvalue weighted by Gasteiger charge is 2.21. The Morgan fingerprint density at radius 1 is 1.47 bits per heavy atom. The van der Waals surface area contributed by atoms with E-state index in [1.54, 1.807) is 0 Å². The molecule has 0 aromatic heterocycles. The summed E-state index contributed by atoms with van der Waals surface area (Å²) in [5.41, 5.74) is 3.55. The Balaban J connectivity index is 2.81. The Morgan fingerprint density at radius 3 is 2.73 bits per heavy atom. The maximum Gasteiger partial charge on any atom is 0.0376 e. The van der Waals surface area contributed by atoms with Crippen molar-refractivity contribution in [2.75, 3.05) is 0 Å². The topological polar surface area (TPSA) is 23.9 Å². The second kappa shape index (κ2) is 5.89. The summed E-state index contributed by atoms with van der Waals surface area (Å²) in [5, 5.41) is 8.15. The maximum absolute atomic E-state index is 8.15. The average Bonchev–Trinajstić information content (AvgIpc) is 2.28. The van der Waals surface area contributed by atoms with Gasteiger partial charge in [-0.15, -0.1) is 0 Å². The highest BCUT2D eigenvalue weighted by molar-refractivity contribution is 6.00. The Morgan fingerprint density at radius 2 is 2.20 bits per heavy atom. The third kappa shape index (κ3) is 3.05. The van der Waals surface area contributed by atoms with E-state index in [0.29, 0.717) is 5.92 Å². The number of allylic oxidation sites excluding steroid dienone is 4. The zero-order chi connectivity index (χ0) is 11.3. The van der Waals surface area contributed by atoms with Crippen molar-refractivity contribution in [1.82, 2.24) is 0 Å². The molecule has 1 heteroatoms. The van der Waals surface area contributed by atoms with Crippen LogP contribution in [0.2, 0.25) is 0 Å². The quantitative estimate of drug-likeness (QED) is 0.701. The van der Waals surface area contributed by atoms with Crippen LogP contribution in [-0.2, 0) is 0 Å². The van der Waals surface area contributed by atoms with Gasteiger partial charge in [0, 0.05) is 11.6 Å². The van der Waals surface area contributed by atoms with Gasteiger partial charge in [-0.25, -0.2) is 0 Å². The summed E-state index contributed by atoms with van der Waals surface area (Å²) in [6.07, 6.45) is 10.2. The summed E-state index contributed by atoms with van der Waals surface area (Å²) in [7, 11) is 0. The van der Waals surface area contributed by atoms with Gasteiger partial charge in [-0.05, 0) is 44.6 Å². The van der Waals surface area contributed by atoms with Crippen molar-refractivity contribution >= 4 is 5.71 Å². The number of hydrogen-bond donors (Lipinski definition) is 1. The fourth-order valence-electron chi connectivity index (χ4n) is 2.25. The monoisotopic (exact) mass is 205 g/mol. The van der Waals surface area contributed by atoms with E-state index in [9.17, 15) is 0 Å². The lowest BCUT2D eigenvalue weighted by atomic mass is 9.81. The lowest BCUT2D eigenvalue weighted by molar-refractivity contribution is 0.546. The second-order valence-electron chi connectivity index (χ2n) is 4.30. The van der Waals surface area contributed by atoms with Crippen molar-refractivity contribution in [3.63, 3.8) is 0 Å². The Kier molecular flexibility index (Phi) is 4.80. The molecule has 0 saturated heterocycles. The van der Waals surface area contributed by atoms with Gasteiger partial charge in [-0.2, -0.15) is 0 Å². The van der Waals surface area contributed by atoms with Crippen LogP contribution in [0.4, 0.5) is 0 Å². The predicted octanol–water partition coefficient (Wildman–Crippen LogP) is 4.50. The van der Waals surface area contributed by atoms with Crippen LogP contribution in [0.5, 0.6) is 0 Å². The van der Waals surface area contributed by atoms with Gasteiger partial charge in [-0.3, -0.25) is 0 Å². The van der Waals surface area contributed by atoms with Crippen LogP contribution in [0.3, 0.4) is 0 Å². The summed E-state index contributed by atoms with van der Waals surface area (Å²) in [6.45, 7) is 6.45. The molecule has 0 aliphatic heterocycles. The molecule has 84 valence electrons. The van der Waals surface area contributed by atoms with E-state index < -0.39 is 0 Å². The standard InChI is InChI=1S/C14H23N/c1-4-11(5-2)10-13-9-7-8-12(6-3)14(13)15/h4,10,12,15H,5-9H2,1-3H3/b11-4-,13-10-,15-14?. The number of rotatable bonds is 3. The molecule has 1 aliphatic rings. The van der Waals surface area contributed by atoms with E-state index in [2.05, 4.69) is 32.9 Å². The molecular formula is C14H23N. The molecule has 0 aromatic carbocycles. The van der Waals surface area contributed by atoms with Crippen LogP contribution in [0, 0.1) is 11.3 Å². The minimum absolute atomic E-state index is 0.514. The molecule has 1 unspecified atom stereocenters. The first-order chi connectivity index (χ1) is 7.22. The zero-order valence-corrected chi connectivity index (χ0v) is 10.3. The van der Waals surface area contributed by atoms with Crippen molar-refractivity contribution < 1.29 is 0 Å². The molecule has 0 aromatic rings. The first-order valence-electron chi connectivity index (χ1n) is 6.17. The van der Waals surface area contributed by atoms with E-state index in [-0.39, 0.29) is 0 Å². The lowest BCUT2D eigenvalue weighted by Gasteiger charge is -2.24. The molecule has 1 N–H and O–H groups in total. The molecule has 0 bridgehead atoms. The summed E-state index contributed by atoms with van der Waals surface area (Å²) in [5.74, 6) is 0.514. The van der Waals surface area contributed by atoms with Gasteiger partial charge >= 0.3 is 0 Å². The molecule has 1 nitrogen and oxygen atoms in total. The van der Waals surface area contributed by atoms with Crippen LogP contribution in [-0.4, -0.2) is 5.71 Å². The first kappa shape index (κ1) is 12.2. The molecule has 15 heavy (non-hydrogen) atoms. The van der Waals surface area contributed by atoms with Crippen molar-refractivity contribution in [2.45, 2.75) is 52.9 Å². The number of nitrogens with one attached hydrogen (secondary N) is 1. The van der Waals surface area contributed by atoms with Crippen molar-refractivity contribution in [2.24, 2.45) is 5.92 Å². The van der Waals surface area contributed by atoms with Gasteiger partial charge in [-0.1, -0.05) is 31.6 Å². The van der Waals surface area contributed by atoms with Crippen molar-refractivity contribution in [3.05, 3.63) is 23.3 Å². The predicted molar refractivity (Wildman–Crippen MR) is 67.5 cm³/mol. The van der Waals surface area contributed by atoms with Gasteiger partial charge < -0.3 is 5.41 Å². The maximum atomic E-state index is 8.15. The minimum atomic E-state index is 0.514. The van der Waals surface area contributed by atoms with Crippen LogP contribution < -0.4 is 0 Å². The van der Waals surface area contributed by atoms with E-state index in [1.807, 2.05) is 0 Å². The van der Waals surface area contributed by atoms with Crippen LogP contribution in [0.1, 0.15) is 52.9 Å². The smallest absolute Gasteiger partial charge is 0.0376 e. The average molecular weight is 205 g/mol. The van der Waals surface area contributed by atoms with Gasteiger partial charge in [0.05, 0.1) is 0 Å². The summed E-state index contributed by atoms with van der Waals surface area (Å²) in [4.78, 5) is 0. The van der Waals surface area contributed by atoms with E-state index in [0.717, 1.165) is 25.0 Å². The normalized spacial score (nSPS) is 26.1. The second-order valence-corrected chi connectivity index (χ2v) is 4.30. The molecule has 1 saturated carbocycles. The van der Waals surface area contributed by atoms with E-state index >= 15 is 0 Å². The minimum Gasteiger partial charge on any atom is -0.305 e. The highest BCUT2D eigenvalue weighted by Crippen LogP contribution is 2.28. The molecule has 0 amide bonds. The summed E-state index contributed by atoms with van der Waals surface area (Å²) < 4.78 is 0. The van der Waals surface area contributed by atoms with Crippen molar-refractivity contribution in [1.29, 1.82) is 5.41 Å². The Labute approximate surface area is 93.8 Å². The highest BCUT2D eigenvalue weighted by atomic mass is 14.5. The molecule has 0 heterocycles. The molecule has 0 radical (unpaired) electrons.